The highest BCUT2D eigenvalue weighted by molar-refractivity contribution is 6.28. The lowest BCUT2D eigenvalue weighted by Crippen LogP contribution is -2.00. The highest BCUT2D eigenvalue weighted by atomic mass is 16.3. The molecule has 0 aliphatic carbocycles. The molecule has 12 rings (SSSR count). The number of aromatic nitrogens is 3. The van der Waals surface area contributed by atoms with Gasteiger partial charge in [0.1, 0.15) is 22.3 Å². The summed E-state index contributed by atoms with van der Waals surface area (Å²) < 4.78 is 12.7. The predicted octanol–water partition coefficient (Wildman–Crippen LogP) is 13.8. The smallest absolute Gasteiger partial charge is 0.164 e. The zero-order valence-corrected chi connectivity index (χ0v) is 29.9. The molecule has 56 heavy (non-hydrogen) atoms. The van der Waals surface area contributed by atoms with Crippen LogP contribution in [0.25, 0.3) is 121 Å². The molecular weight excluding hydrogens is 687 g/mol. The Hall–Kier alpha value is -7.63. The minimum atomic E-state index is 0.586. The molecule has 0 aliphatic heterocycles. The molecule has 5 nitrogen and oxygen atoms in total. The maximum absolute atomic E-state index is 6.55. The predicted molar refractivity (Wildman–Crippen MR) is 229 cm³/mol. The normalized spacial score (nSPS) is 11.9. The standard InChI is InChI=1S/C51H29N3O2/c1-2-10-30(11-3-1)31-18-20-32(21-19-31)49-52-50(33-22-24-46-42(26-33)39-16-8-9-17-45(39)55-46)54-51(53-49)34-23-25-47-43(27-34)44-28-40-37-14-6-4-12-35(37)36-13-5-7-15-38(36)41(40)29-48(44)56-47/h1-29H. The van der Waals surface area contributed by atoms with E-state index in [1.165, 1.54) is 32.3 Å². The molecule has 0 unspecified atom stereocenters. The SMILES string of the molecule is c1ccc(-c2ccc(-c3nc(-c4ccc5oc6ccccc6c5c4)nc(-c4ccc5oc6cc7c8ccccc8c8ccccc8c7cc6c5c4)n3)cc2)cc1. The van der Waals surface area contributed by atoms with Crippen LogP contribution in [0, 0.1) is 0 Å². The first-order valence-electron chi connectivity index (χ1n) is 18.8. The van der Waals surface area contributed by atoms with Crippen LogP contribution in [0.1, 0.15) is 0 Å². The van der Waals surface area contributed by atoms with Crippen molar-refractivity contribution in [2.45, 2.75) is 0 Å². The third kappa shape index (κ3) is 4.78. The fourth-order valence-corrected chi connectivity index (χ4v) is 8.38. The van der Waals surface area contributed by atoms with Crippen molar-refractivity contribution in [1.29, 1.82) is 0 Å². The molecule has 3 aromatic heterocycles. The van der Waals surface area contributed by atoms with E-state index in [-0.39, 0.29) is 0 Å². The lowest BCUT2D eigenvalue weighted by atomic mass is 9.93. The lowest BCUT2D eigenvalue weighted by Gasteiger charge is -2.10. The van der Waals surface area contributed by atoms with E-state index in [2.05, 4.69) is 127 Å². The van der Waals surface area contributed by atoms with Gasteiger partial charge in [0.15, 0.2) is 17.5 Å². The minimum Gasteiger partial charge on any atom is -0.456 e. The van der Waals surface area contributed by atoms with Crippen molar-refractivity contribution in [3.05, 3.63) is 176 Å². The second-order valence-electron chi connectivity index (χ2n) is 14.4. The summed E-state index contributed by atoms with van der Waals surface area (Å²) >= 11 is 0. The molecule has 0 fully saturated rings. The van der Waals surface area contributed by atoms with Crippen LogP contribution in [0.4, 0.5) is 0 Å². The summed E-state index contributed by atoms with van der Waals surface area (Å²) in [5.41, 5.74) is 8.30. The van der Waals surface area contributed by atoms with Gasteiger partial charge in [-0.2, -0.15) is 0 Å². The van der Waals surface area contributed by atoms with Gasteiger partial charge in [-0.15, -0.1) is 0 Å². The van der Waals surface area contributed by atoms with Crippen molar-refractivity contribution < 1.29 is 8.83 Å². The van der Waals surface area contributed by atoms with Gasteiger partial charge in [-0.3, -0.25) is 0 Å². The van der Waals surface area contributed by atoms with Crippen molar-refractivity contribution in [2.24, 2.45) is 0 Å². The number of benzene rings is 9. The molecule has 0 bridgehead atoms. The highest BCUT2D eigenvalue weighted by Crippen LogP contribution is 2.41. The summed E-state index contributed by atoms with van der Waals surface area (Å²) in [5, 5.41) is 11.4. The Kier molecular flexibility index (Phi) is 6.56. The van der Waals surface area contributed by atoms with Crippen LogP contribution < -0.4 is 0 Å². The Bertz CT molecular complexity index is 3530. The Morgan fingerprint density at radius 1 is 0.232 bits per heavy atom. The summed E-state index contributed by atoms with van der Waals surface area (Å²) in [4.78, 5) is 15.4. The molecule has 0 atom stereocenters. The largest absolute Gasteiger partial charge is 0.456 e. The summed E-state index contributed by atoms with van der Waals surface area (Å²) in [5.74, 6) is 1.77. The molecule has 0 radical (unpaired) electrons. The van der Waals surface area contributed by atoms with Gasteiger partial charge < -0.3 is 8.83 Å². The monoisotopic (exact) mass is 715 g/mol. The quantitative estimate of drug-likeness (QED) is 0.170. The Labute approximate surface area is 320 Å². The number of nitrogens with zero attached hydrogens (tertiary/aromatic N) is 3. The maximum atomic E-state index is 6.55. The van der Waals surface area contributed by atoms with Crippen LogP contribution in [0.5, 0.6) is 0 Å². The summed E-state index contributed by atoms with van der Waals surface area (Å²) in [6.45, 7) is 0. The second kappa shape index (κ2) is 11.9. The third-order valence-corrected chi connectivity index (χ3v) is 11.1. The number of fused-ring (bicyclic) bond motifs is 12. The number of furan rings is 2. The molecule has 9 aromatic carbocycles. The van der Waals surface area contributed by atoms with E-state index in [0.717, 1.165) is 71.7 Å². The molecule has 0 aliphatic rings. The molecular formula is C51H29N3O2. The molecule has 5 heteroatoms. The van der Waals surface area contributed by atoms with E-state index >= 15 is 0 Å². The van der Waals surface area contributed by atoms with Crippen LogP contribution in [0.3, 0.4) is 0 Å². The fraction of sp³-hybridized carbons (Fsp3) is 0. The van der Waals surface area contributed by atoms with Crippen LogP contribution in [-0.4, -0.2) is 15.0 Å². The van der Waals surface area contributed by atoms with E-state index in [1.54, 1.807) is 0 Å². The van der Waals surface area contributed by atoms with Crippen molar-refractivity contribution in [2.75, 3.05) is 0 Å². The molecule has 0 spiro atoms. The Balaban J connectivity index is 1.06. The first-order chi connectivity index (χ1) is 27.7. The van der Waals surface area contributed by atoms with Gasteiger partial charge in [0.05, 0.1) is 0 Å². The average Bonchev–Trinajstić information content (AvgIpc) is 3.83. The van der Waals surface area contributed by atoms with Gasteiger partial charge in [-0.1, -0.05) is 121 Å². The first kappa shape index (κ1) is 30.8. The number of hydrogen-bond acceptors (Lipinski definition) is 5. The van der Waals surface area contributed by atoms with Crippen LogP contribution >= 0.6 is 0 Å². The topological polar surface area (TPSA) is 65.0 Å². The molecule has 0 saturated carbocycles. The maximum Gasteiger partial charge on any atom is 0.164 e. The van der Waals surface area contributed by atoms with Gasteiger partial charge in [0.25, 0.3) is 0 Å². The van der Waals surface area contributed by atoms with Gasteiger partial charge in [0.2, 0.25) is 0 Å². The zero-order chi connectivity index (χ0) is 36.7. The lowest BCUT2D eigenvalue weighted by molar-refractivity contribution is 0.669. The van der Waals surface area contributed by atoms with Crippen LogP contribution in [-0.2, 0) is 0 Å². The summed E-state index contributed by atoms with van der Waals surface area (Å²) in [7, 11) is 0. The number of rotatable bonds is 4. The zero-order valence-electron chi connectivity index (χ0n) is 29.9. The van der Waals surface area contributed by atoms with Crippen LogP contribution in [0.2, 0.25) is 0 Å². The van der Waals surface area contributed by atoms with Crippen molar-refractivity contribution in [3.63, 3.8) is 0 Å². The van der Waals surface area contributed by atoms with Gasteiger partial charge in [-0.05, 0) is 98.0 Å². The van der Waals surface area contributed by atoms with Crippen LogP contribution in [0.15, 0.2) is 185 Å². The molecule has 260 valence electrons. The van der Waals surface area contributed by atoms with E-state index in [1.807, 2.05) is 48.5 Å². The molecule has 0 N–H and O–H groups in total. The minimum absolute atomic E-state index is 0.586. The fourth-order valence-electron chi connectivity index (χ4n) is 8.38. The molecule has 0 saturated heterocycles. The first-order valence-corrected chi connectivity index (χ1v) is 18.8. The van der Waals surface area contributed by atoms with E-state index in [4.69, 9.17) is 23.8 Å². The number of para-hydroxylation sites is 1. The average molecular weight is 716 g/mol. The third-order valence-electron chi connectivity index (χ3n) is 11.1. The Morgan fingerprint density at radius 2 is 0.625 bits per heavy atom. The van der Waals surface area contributed by atoms with Gasteiger partial charge in [-0.25, -0.2) is 15.0 Å². The second-order valence-corrected chi connectivity index (χ2v) is 14.4. The van der Waals surface area contributed by atoms with Crippen molar-refractivity contribution in [3.8, 4) is 45.3 Å². The molecule has 3 heterocycles. The van der Waals surface area contributed by atoms with E-state index in [0.29, 0.717) is 17.5 Å². The van der Waals surface area contributed by atoms with E-state index < -0.39 is 0 Å². The van der Waals surface area contributed by atoms with Gasteiger partial charge in [0, 0.05) is 38.2 Å². The van der Waals surface area contributed by atoms with E-state index in [9.17, 15) is 0 Å². The van der Waals surface area contributed by atoms with Crippen molar-refractivity contribution in [1.82, 2.24) is 15.0 Å². The summed E-state index contributed by atoms with van der Waals surface area (Å²) in [6.07, 6.45) is 0. The summed E-state index contributed by atoms with van der Waals surface area (Å²) in [6, 6.07) is 61.1. The number of hydrogen-bond donors (Lipinski definition) is 0. The Morgan fingerprint density at radius 3 is 1.25 bits per heavy atom. The molecule has 0 amide bonds. The highest BCUT2D eigenvalue weighted by Gasteiger charge is 2.18. The van der Waals surface area contributed by atoms with Gasteiger partial charge >= 0.3 is 0 Å². The van der Waals surface area contributed by atoms with Crippen molar-refractivity contribution >= 4 is 76.2 Å². The molecule has 12 aromatic rings.